The third-order valence-corrected chi connectivity index (χ3v) is 4.03. The van der Waals surface area contributed by atoms with Crippen molar-refractivity contribution in [1.29, 1.82) is 0 Å². The molecule has 3 rings (SSSR count). The molecule has 0 unspecified atom stereocenters. The first-order valence-electron chi connectivity index (χ1n) is 7.93. The van der Waals surface area contributed by atoms with Gasteiger partial charge in [-0.15, -0.1) is 0 Å². The molecule has 3 aromatic carbocycles. The van der Waals surface area contributed by atoms with Crippen LogP contribution >= 0.6 is 0 Å². The fraction of sp³-hybridized carbons (Fsp3) is 0.100. The first-order chi connectivity index (χ1) is 12.5. The van der Waals surface area contributed by atoms with E-state index in [0.717, 1.165) is 10.8 Å². The number of hydrogen-bond acceptors (Lipinski definition) is 5. The molecule has 26 heavy (non-hydrogen) atoms. The molecule has 1 amide bonds. The van der Waals surface area contributed by atoms with Crippen LogP contribution in [0.3, 0.4) is 0 Å². The SMILES string of the molecule is COc1ccc(/C(C)=N/NC(=O)c2cc3ccccc3cc2O)c(O)c1. The van der Waals surface area contributed by atoms with E-state index in [1.165, 1.54) is 19.2 Å². The molecule has 6 nitrogen and oxygen atoms in total. The van der Waals surface area contributed by atoms with Crippen molar-refractivity contribution in [3.8, 4) is 17.2 Å². The van der Waals surface area contributed by atoms with Crippen LogP contribution in [0.5, 0.6) is 17.2 Å². The number of carbonyl (C=O) groups excluding carboxylic acids is 1. The lowest BCUT2D eigenvalue weighted by atomic mass is 10.1. The van der Waals surface area contributed by atoms with Gasteiger partial charge in [-0.3, -0.25) is 4.79 Å². The molecule has 0 spiro atoms. The third-order valence-electron chi connectivity index (χ3n) is 4.03. The van der Waals surface area contributed by atoms with Crippen LogP contribution in [0.25, 0.3) is 10.8 Å². The number of hydrogen-bond donors (Lipinski definition) is 3. The van der Waals surface area contributed by atoms with Gasteiger partial charge in [-0.1, -0.05) is 24.3 Å². The van der Waals surface area contributed by atoms with Crippen LogP contribution in [0.2, 0.25) is 0 Å². The molecule has 132 valence electrons. The number of rotatable bonds is 4. The first kappa shape index (κ1) is 17.3. The lowest BCUT2D eigenvalue weighted by molar-refractivity contribution is 0.0952. The Labute approximate surface area is 150 Å². The van der Waals surface area contributed by atoms with Crippen molar-refractivity contribution >= 4 is 22.4 Å². The molecule has 0 saturated heterocycles. The van der Waals surface area contributed by atoms with Crippen LogP contribution in [0.15, 0.2) is 59.7 Å². The van der Waals surface area contributed by atoms with Crippen molar-refractivity contribution in [3.63, 3.8) is 0 Å². The Kier molecular flexibility index (Phi) is 4.75. The van der Waals surface area contributed by atoms with Crippen LogP contribution < -0.4 is 10.2 Å². The number of nitrogens with one attached hydrogen (secondary N) is 1. The highest BCUT2D eigenvalue weighted by Gasteiger charge is 2.13. The molecule has 6 heteroatoms. The average molecular weight is 350 g/mol. The highest BCUT2D eigenvalue weighted by molar-refractivity contribution is 6.04. The Morgan fingerprint density at radius 3 is 2.27 bits per heavy atom. The van der Waals surface area contributed by atoms with E-state index < -0.39 is 5.91 Å². The largest absolute Gasteiger partial charge is 0.507 e. The number of ether oxygens (including phenoxy) is 1. The van der Waals surface area contributed by atoms with Crippen molar-refractivity contribution in [2.45, 2.75) is 6.92 Å². The maximum atomic E-state index is 12.4. The van der Waals surface area contributed by atoms with E-state index in [1.54, 1.807) is 25.1 Å². The van der Waals surface area contributed by atoms with Crippen LogP contribution in [0, 0.1) is 0 Å². The minimum absolute atomic E-state index is 0.00611. The lowest BCUT2D eigenvalue weighted by Crippen LogP contribution is -2.19. The van der Waals surface area contributed by atoms with Gasteiger partial charge >= 0.3 is 0 Å². The zero-order valence-electron chi connectivity index (χ0n) is 14.4. The van der Waals surface area contributed by atoms with Gasteiger partial charge < -0.3 is 14.9 Å². The number of amides is 1. The summed E-state index contributed by atoms with van der Waals surface area (Å²) in [4.78, 5) is 12.4. The van der Waals surface area contributed by atoms with Crippen LogP contribution in [-0.2, 0) is 0 Å². The number of nitrogens with zero attached hydrogens (tertiary/aromatic N) is 1. The summed E-state index contributed by atoms with van der Waals surface area (Å²) < 4.78 is 5.04. The second kappa shape index (κ2) is 7.14. The Balaban J connectivity index is 1.84. The van der Waals surface area contributed by atoms with Crippen molar-refractivity contribution in [2.24, 2.45) is 5.10 Å². The molecule has 0 aliphatic heterocycles. The molecular formula is C20H18N2O4. The highest BCUT2D eigenvalue weighted by atomic mass is 16.5. The second-order valence-corrected chi connectivity index (χ2v) is 5.74. The van der Waals surface area contributed by atoms with Gasteiger partial charge in [0.1, 0.15) is 17.2 Å². The topological polar surface area (TPSA) is 91.2 Å². The van der Waals surface area contributed by atoms with E-state index in [-0.39, 0.29) is 17.1 Å². The summed E-state index contributed by atoms with van der Waals surface area (Å²) in [5.74, 6) is -0.153. The van der Waals surface area contributed by atoms with Gasteiger partial charge in [-0.05, 0) is 42.0 Å². The summed E-state index contributed by atoms with van der Waals surface area (Å²) in [7, 11) is 1.51. The monoisotopic (exact) mass is 350 g/mol. The van der Waals surface area contributed by atoms with Gasteiger partial charge in [0.05, 0.1) is 18.4 Å². The quantitative estimate of drug-likeness (QED) is 0.497. The number of carbonyl (C=O) groups is 1. The molecule has 0 atom stereocenters. The molecule has 0 saturated carbocycles. The zero-order valence-corrected chi connectivity index (χ0v) is 14.4. The van der Waals surface area contributed by atoms with E-state index in [4.69, 9.17) is 4.74 Å². The number of methoxy groups -OCH3 is 1. The normalized spacial score (nSPS) is 11.4. The Morgan fingerprint density at radius 2 is 1.62 bits per heavy atom. The zero-order chi connectivity index (χ0) is 18.7. The molecule has 3 N–H and O–H groups in total. The maximum absolute atomic E-state index is 12.4. The summed E-state index contributed by atoms with van der Waals surface area (Å²) in [6, 6.07) is 15.4. The van der Waals surface area contributed by atoms with Crippen molar-refractivity contribution in [1.82, 2.24) is 5.43 Å². The van der Waals surface area contributed by atoms with Crippen molar-refractivity contribution < 1.29 is 19.7 Å². The molecular weight excluding hydrogens is 332 g/mol. The van der Waals surface area contributed by atoms with Crippen LogP contribution in [0.1, 0.15) is 22.8 Å². The minimum Gasteiger partial charge on any atom is -0.507 e. The highest BCUT2D eigenvalue weighted by Crippen LogP contribution is 2.26. The summed E-state index contributed by atoms with van der Waals surface area (Å²) >= 11 is 0. The summed E-state index contributed by atoms with van der Waals surface area (Å²) in [6.07, 6.45) is 0. The molecule has 0 aliphatic carbocycles. The second-order valence-electron chi connectivity index (χ2n) is 5.74. The van der Waals surface area contributed by atoms with E-state index in [2.05, 4.69) is 10.5 Å². The van der Waals surface area contributed by atoms with Gasteiger partial charge in [0.2, 0.25) is 0 Å². The molecule has 0 fully saturated rings. The number of hydrazone groups is 1. The summed E-state index contributed by atoms with van der Waals surface area (Å²) in [6.45, 7) is 1.65. The molecule has 0 aromatic heterocycles. The fourth-order valence-electron chi connectivity index (χ4n) is 2.61. The van der Waals surface area contributed by atoms with Crippen LogP contribution in [-0.4, -0.2) is 28.9 Å². The fourth-order valence-corrected chi connectivity index (χ4v) is 2.61. The Morgan fingerprint density at radius 1 is 0.962 bits per heavy atom. The van der Waals surface area contributed by atoms with Gasteiger partial charge in [0, 0.05) is 11.6 Å². The van der Waals surface area contributed by atoms with Gasteiger partial charge in [-0.2, -0.15) is 5.10 Å². The summed E-state index contributed by atoms with van der Waals surface area (Å²) in [5, 5.41) is 25.8. The number of phenols is 2. The van der Waals surface area contributed by atoms with E-state index in [9.17, 15) is 15.0 Å². The average Bonchev–Trinajstić information content (AvgIpc) is 2.65. The molecule has 0 bridgehead atoms. The van der Waals surface area contributed by atoms with Crippen LogP contribution in [0.4, 0.5) is 0 Å². The standard InChI is InChI=1S/C20H18N2O4/c1-12(16-8-7-15(26-2)11-19(16)24)21-22-20(25)17-9-13-5-3-4-6-14(13)10-18(17)23/h3-11,23-24H,1-2H3,(H,22,25)/b21-12+. The van der Waals surface area contributed by atoms with E-state index in [1.807, 2.05) is 24.3 Å². The summed E-state index contributed by atoms with van der Waals surface area (Å²) in [5.41, 5.74) is 3.41. The van der Waals surface area contributed by atoms with Gasteiger partial charge in [-0.25, -0.2) is 5.43 Å². The van der Waals surface area contributed by atoms with Gasteiger partial charge in [0.25, 0.3) is 5.91 Å². The lowest BCUT2D eigenvalue weighted by Gasteiger charge is -2.08. The number of fused-ring (bicyclic) bond motifs is 1. The maximum Gasteiger partial charge on any atom is 0.275 e. The van der Waals surface area contributed by atoms with E-state index in [0.29, 0.717) is 17.0 Å². The molecule has 0 aliphatic rings. The molecule has 3 aromatic rings. The van der Waals surface area contributed by atoms with Gasteiger partial charge in [0.15, 0.2) is 0 Å². The van der Waals surface area contributed by atoms with E-state index >= 15 is 0 Å². The third kappa shape index (κ3) is 3.44. The molecule has 0 heterocycles. The predicted octanol–water partition coefficient (Wildman–Crippen LogP) is 3.41. The number of aromatic hydroxyl groups is 2. The predicted molar refractivity (Wildman–Crippen MR) is 99.9 cm³/mol. The molecule has 0 radical (unpaired) electrons. The Hall–Kier alpha value is -3.54. The minimum atomic E-state index is -0.541. The Bertz CT molecular complexity index is 1010. The first-order valence-corrected chi connectivity index (χ1v) is 7.93. The smallest absolute Gasteiger partial charge is 0.275 e. The number of phenolic OH excluding ortho intramolecular Hbond substituents is 2. The van der Waals surface area contributed by atoms with Crippen molar-refractivity contribution in [2.75, 3.05) is 7.11 Å². The number of benzene rings is 3. The van der Waals surface area contributed by atoms with Crippen molar-refractivity contribution in [3.05, 3.63) is 65.7 Å².